The van der Waals surface area contributed by atoms with Crippen LogP contribution in [0.4, 0.5) is 0 Å². The average Bonchev–Trinajstić information content (AvgIpc) is 2.78. The van der Waals surface area contributed by atoms with E-state index in [0.717, 1.165) is 25.3 Å². The highest BCUT2D eigenvalue weighted by atomic mass is 32.1. The molecule has 0 radical (unpaired) electrons. The van der Waals surface area contributed by atoms with Crippen LogP contribution in [0.3, 0.4) is 0 Å². The summed E-state index contributed by atoms with van der Waals surface area (Å²) in [5.74, 6) is 0.745. The van der Waals surface area contributed by atoms with Crippen LogP contribution < -0.4 is 5.73 Å². The Bertz CT molecular complexity index is 284. The molecule has 0 aliphatic carbocycles. The minimum absolute atomic E-state index is 0.619. The van der Waals surface area contributed by atoms with Crippen molar-refractivity contribution in [1.82, 2.24) is 4.90 Å². The first-order valence-electron chi connectivity index (χ1n) is 6.56. The Morgan fingerprint density at radius 3 is 2.76 bits per heavy atom. The highest BCUT2D eigenvalue weighted by Crippen LogP contribution is 2.15. The minimum atomic E-state index is 0.619. The van der Waals surface area contributed by atoms with Crippen LogP contribution in [0.1, 0.15) is 31.6 Å². The Morgan fingerprint density at radius 2 is 2.18 bits per heavy atom. The topological polar surface area (TPSA) is 29.3 Å². The maximum Gasteiger partial charge on any atom is 0.0112 e. The van der Waals surface area contributed by atoms with Crippen molar-refractivity contribution >= 4 is 11.3 Å². The van der Waals surface area contributed by atoms with Gasteiger partial charge in [-0.25, -0.2) is 0 Å². The summed E-state index contributed by atoms with van der Waals surface area (Å²) in [6, 6.07) is 4.98. The minimum Gasteiger partial charge on any atom is -0.330 e. The van der Waals surface area contributed by atoms with E-state index in [0.29, 0.717) is 6.04 Å². The van der Waals surface area contributed by atoms with Crippen molar-refractivity contribution < 1.29 is 0 Å². The fraction of sp³-hybridized carbons (Fsp3) is 0.714. The van der Waals surface area contributed by atoms with Crippen LogP contribution in [0.2, 0.25) is 0 Å². The maximum absolute atomic E-state index is 5.55. The van der Waals surface area contributed by atoms with Gasteiger partial charge in [0, 0.05) is 17.5 Å². The van der Waals surface area contributed by atoms with Crippen molar-refractivity contribution in [3.63, 3.8) is 0 Å². The van der Waals surface area contributed by atoms with E-state index in [2.05, 4.69) is 43.3 Å². The number of hydrogen-bond acceptors (Lipinski definition) is 3. The smallest absolute Gasteiger partial charge is 0.0112 e. The first-order chi connectivity index (χ1) is 8.13. The van der Waals surface area contributed by atoms with E-state index < -0.39 is 0 Å². The molecule has 0 amide bonds. The molecule has 0 aliphatic rings. The van der Waals surface area contributed by atoms with Gasteiger partial charge >= 0.3 is 0 Å². The van der Waals surface area contributed by atoms with Crippen LogP contribution in [0.15, 0.2) is 17.5 Å². The van der Waals surface area contributed by atoms with Crippen molar-refractivity contribution in [3.05, 3.63) is 22.4 Å². The summed E-state index contributed by atoms with van der Waals surface area (Å²) in [6.45, 7) is 6.63. The first kappa shape index (κ1) is 14.7. The molecule has 1 aromatic heterocycles. The molecule has 0 saturated carbocycles. The molecule has 2 atom stereocenters. The lowest BCUT2D eigenvalue weighted by Crippen LogP contribution is -2.34. The molecule has 2 unspecified atom stereocenters. The number of nitrogens with two attached hydrogens (primary N) is 1. The van der Waals surface area contributed by atoms with Gasteiger partial charge in [0.1, 0.15) is 0 Å². The Hall–Kier alpha value is -0.380. The van der Waals surface area contributed by atoms with Crippen LogP contribution in [-0.4, -0.2) is 31.1 Å². The van der Waals surface area contributed by atoms with Crippen LogP contribution in [0.25, 0.3) is 0 Å². The third-order valence-corrected chi connectivity index (χ3v) is 4.23. The monoisotopic (exact) mass is 254 g/mol. The van der Waals surface area contributed by atoms with E-state index >= 15 is 0 Å². The molecule has 0 saturated heterocycles. The van der Waals surface area contributed by atoms with E-state index in [9.17, 15) is 0 Å². The fourth-order valence-electron chi connectivity index (χ4n) is 2.10. The molecule has 0 aliphatic heterocycles. The maximum atomic E-state index is 5.55. The van der Waals surface area contributed by atoms with Crippen molar-refractivity contribution in [3.8, 4) is 0 Å². The summed E-state index contributed by atoms with van der Waals surface area (Å²) >= 11 is 1.86. The Balaban J connectivity index is 2.28. The predicted octanol–water partition coefficient (Wildman–Crippen LogP) is 2.99. The average molecular weight is 254 g/mol. The Labute approximate surface area is 110 Å². The molecule has 2 nitrogen and oxygen atoms in total. The van der Waals surface area contributed by atoms with Crippen molar-refractivity contribution in [2.75, 3.05) is 20.1 Å². The number of hydrogen-bond donors (Lipinski definition) is 1. The molecule has 2 N–H and O–H groups in total. The normalized spacial score (nSPS) is 15.1. The second-order valence-corrected chi connectivity index (χ2v) is 6.14. The quantitative estimate of drug-likeness (QED) is 0.773. The summed E-state index contributed by atoms with van der Waals surface area (Å²) in [7, 11) is 2.23. The summed E-state index contributed by atoms with van der Waals surface area (Å²) in [4.78, 5) is 3.96. The first-order valence-corrected chi connectivity index (χ1v) is 7.44. The van der Waals surface area contributed by atoms with Gasteiger partial charge in [-0.15, -0.1) is 11.3 Å². The fourth-order valence-corrected chi connectivity index (χ4v) is 2.93. The van der Waals surface area contributed by atoms with Gasteiger partial charge in [0.05, 0.1) is 0 Å². The zero-order valence-corrected chi connectivity index (χ0v) is 12.2. The molecular formula is C14H26N2S. The number of rotatable bonds is 8. The molecule has 1 heterocycles. The molecule has 0 fully saturated rings. The summed E-state index contributed by atoms with van der Waals surface area (Å²) in [6.07, 6.45) is 3.55. The van der Waals surface area contributed by atoms with Crippen LogP contribution in [-0.2, 0) is 6.42 Å². The van der Waals surface area contributed by atoms with E-state index in [-0.39, 0.29) is 0 Å². The van der Waals surface area contributed by atoms with Crippen LogP contribution >= 0.6 is 11.3 Å². The van der Waals surface area contributed by atoms with Crippen molar-refractivity contribution in [2.24, 2.45) is 11.7 Å². The van der Waals surface area contributed by atoms with Gasteiger partial charge < -0.3 is 10.6 Å². The third kappa shape index (κ3) is 5.66. The standard InChI is InChI=1S/C14H26N2S/c1-12(6-4-8-15)11-16(3)13(2)10-14-7-5-9-17-14/h5,7,9,12-13H,4,6,8,10-11,15H2,1-3H3. The second-order valence-electron chi connectivity index (χ2n) is 5.11. The van der Waals surface area contributed by atoms with Gasteiger partial charge in [-0.05, 0) is 57.1 Å². The lowest BCUT2D eigenvalue weighted by atomic mass is 10.0. The highest BCUT2D eigenvalue weighted by Gasteiger charge is 2.13. The summed E-state index contributed by atoms with van der Waals surface area (Å²) < 4.78 is 0. The molecule has 0 aromatic carbocycles. The van der Waals surface area contributed by atoms with Crippen molar-refractivity contribution in [2.45, 2.75) is 39.2 Å². The molecule has 0 spiro atoms. The third-order valence-electron chi connectivity index (χ3n) is 3.33. The highest BCUT2D eigenvalue weighted by molar-refractivity contribution is 7.09. The van der Waals surface area contributed by atoms with Gasteiger partial charge in [-0.2, -0.15) is 0 Å². The van der Waals surface area contributed by atoms with Gasteiger partial charge in [0.2, 0.25) is 0 Å². The second kappa shape index (κ2) is 7.85. The van der Waals surface area contributed by atoms with Gasteiger partial charge in [0.25, 0.3) is 0 Å². The zero-order chi connectivity index (χ0) is 12.7. The van der Waals surface area contributed by atoms with Gasteiger partial charge in [-0.1, -0.05) is 13.0 Å². The van der Waals surface area contributed by atoms with Gasteiger partial charge in [-0.3, -0.25) is 0 Å². The number of nitrogens with zero attached hydrogens (tertiary/aromatic N) is 1. The molecule has 1 aromatic rings. The number of likely N-dealkylation sites (N-methyl/N-ethyl adjacent to an activating group) is 1. The van der Waals surface area contributed by atoms with Crippen molar-refractivity contribution in [1.29, 1.82) is 0 Å². The molecular weight excluding hydrogens is 228 g/mol. The molecule has 98 valence electrons. The van der Waals surface area contributed by atoms with E-state index in [1.807, 2.05) is 11.3 Å². The van der Waals surface area contributed by atoms with E-state index in [1.54, 1.807) is 0 Å². The van der Waals surface area contributed by atoms with E-state index in [4.69, 9.17) is 5.73 Å². The summed E-state index contributed by atoms with van der Waals surface area (Å²) in [5, 5.41) is 2.16. The zero-order valence-electron chi connectivity index (χ0n) is 11.4. The Morgan fingerprint density at radius 1 is 1.41 bits per heavy atom. The van der Waals surface area contributed by atoms with Crippen LogP contribution in [0.5, 0.6) is 0 Å². The molecule has 17 heavy (non-hydrogen) atoms. The lowest BCUT2D eigenvalue weighted by Gasteiger charge is -2.27. The van der Waals surface area contributed by atoms with Gasteiger partial charge in [0.15, 0.2) is 0 Å². The largest absolute Gasteiger partial charge is 0.330 e. The molecule has 3 heteroatoms. The molecule has 1 rings (SSSR count). The van der Waals surface area contributed by atoms with E-state index in [1.165, 1.54) is 17.8 Å². The predicted molar refractivity (Wildman–Crippen MR) is 77.6 cm³/mol. The SMILES string of the molecule is CC(CCCN)CN(C)C(C)Cc1cccs1. The van der Waals surface area contributed by atoms with Crippen LogP contribution in [0, 0.1) is 5.92 Å². The number of thiophene rings is 1. The Kier molecular flexibility index (Phi) is 6.78. The summed E-state index contributed by atoms with van der Waals surface area (Å²) in [5.41, 5.74) is 5.55. The lowest BCUT2D eigenvalue weighted by molar-refractivity contribution is 0.218. The molecule has 0 bridgehead atoms.